The molecule has 0 saturated heterocycles. The third kappa shape index (κ3) is 2.14. The lowest BCUT2D eigenvalue weighted by Gasteiger charge is -2.03. The van der Waals surface area contributed by atoms with E-state index in [9.17, 15) is 26.7 Å². The van der Waals surface area contributed by atoms with Crippen LogP contribution in [0.2, 0.25) is 0 Å². The number of halogens is 5. The van der Waals surface area contributed by atoms with Crippen molar-refractivity contribution in [3.8, 4) is 0 Å². The Hall–Kier alpha value is -1.72. The minimum Gasteiger partial charge on any atom is -0.295 e. The van der Waals surface area contributed by atoms with Gasteiger partial charge in [-0.25, -0.2) is 22.0 Å². The van der Waals surface area contributed by atoms with E-state index < -0.39 is 34.6 Å². The number of benzene rings is 1. The molecular formula is C12H7F5O. The fraction of sp³-hybridized carbons (Fsp3) is 0.250. The molecule has 18 heavy (non-hydrogen) atoms. The standard InChI is InChI=1S/C12H7F5O/c13-8-6(3-4-7(18)5-1-2-5)9(14)11(16)12(17)10(8)15/h3-5H,1-2H2/b4-3+. The number of rotatable bonds is 3. The molecule has 0 radical (unpaired) electrons. The molecule has 0 spiro atoms. The van der Waals surface area contributed by atoms with Crippen LogP contribution in [0.15, 0.2) is 6.08 Å². The Morgan fingerprint density at radius 2 is 1.33 bits per heavy atom. The molecule has 6 heteroatoms. The average Bonchev–Trinajstić information content (AvgIpc) is 3.18. The molecule has 0 atom stereocenters. The normalized spacial score (nSPS) is 15.4. The van der Waals surface area contributed by atoms with Gasteiger partial charge in [0.05, 0.1) is 5.56 Å². The second-order valence-corrected chi connectivity index (χ2v) is 3.99. The van der Waals surface area contributed by atoms with Crippen molar-refractivity contribution in [1.29, 1.82) is 0 Å². The summed E-state index contributed by atoms with van der Waals surface area (Å²) in [6.45, 7) is 0. The van der Waals surface area contributed by atoms with Gasteiger partial charge >= 0.3 is 0 Å². The van der Waals surface area contributed by atoms with E-state index >= 15 is 0 Å². The van der Waals surface area contributed by atoms with E-state index in [-0.39, 0.29) is 11.7 Å². The summed E-state index contributed by atoms with van der Waals surface area (Å²) in [6, 6.07) is 0. The molecule has 0 unspecified atom stereocenters. The van der Waals surface area contributed by atoms with Gasteiger partial charge in [-0.15, -0.1) is 0 Å². The molecule has 1 saturated carbocycles. The monoisotopic (exact) mass is 262 g/mol. The van der Waals surface area contributed by atoms with E-state index in [0.717, 1.165) is 6.08 Å². The molecular weight excluding hydrogens is 255 g/mol. The first-order valence-corrected chi connectivity index (χ1v) is 5.16. The number of allylic oxidation sites excluding steroid dienone is 1. The van der Waals surface area contributed by atoms with Crippen LogP contribution in [0.4, 0.5) is 22.0 Å². The van der Waals surface area contributed by atoms with Gasteiger partial charge in [0, 0.05) is 5.92 Å². The number of ketones is 1. The molecule has 0 N–H and O–H groups in total. The topological polar surface area (TPSA) is 17.1 Å². The maximum atomic E-state index is 13.2. The molecule has 1 aliphatic carbocycles. The fourth-order valence-corrected chi connectivity index (χ4v) is 1.44. The predicted molar refractivity (Wildman–Crippen MR) is 53.0 cm³/mol. The summed E-state index contributed by atoms with van der Waals surface area (Å²) < 4.78 is 64.7. The summed E-state index contributed by atoms with van der Waals surface area (Å²) in [7, 11) is 0. The minimum atomic E-state index is -2.21. The largest absolute Gasteiger partial charge is 0.295 e. The summed E-state index contributed by atoms with van der Waals surface area (Å²) in [5.41, 5.74) is -1.10. The quantitative estimate of drug-likeness (QED) is 0.353. The first-order valence-electron chi connectivity index (χ1n) is 5.16. The van der Waals surface area contributed by atoms with Crippen LogP contribution in [0.5, 0.6) is 0 Å². The molecule has 1 aromatic rings. The molecule has 0 bridgehead atoms. The molecule has 0 aromatic heterocycles. The van der Waals surface area contributed by atoms with Gasteiger partial charge in [-0.3, -0.25) is 4.79 Å². The maximum Gasteiger partial charge on any atom is 0.200 e. The van der Waals surface area contributed by atoms with Crippen molar-refractivity contribution in [1.82, 2.24) is 0 Å². The van der Waals surface area contributed by atoms with Crippen LogP contribution in [-0.4, -0.2) is 5.78 Å². The zero-order chi connectivity index (χ0) is 13.4. The molecule has 96 valence electrons. The van der Waals surface area contributed by atoms with Crippen molar-refractivity contribution in [2.45, 2.75) is 12.8 Å². The summed E-state index contributed by atoms with van der Waals surface area (Å²) in [6.07, 6.45) is 2.83. The Morgan fingerprint density at radius 3 is 1.78 bits per heavy atom. The SMILES string of the molecule is O=C(/C=C/c1c(F)c(F)c(F)c(F)c1F)C1CC1. The Kier molecular flexibility index (Phi) is 3.19. The second kappa shape index (κ2) is 4.51. The lowest BCUT2D eigenvalue weighted by atomic mass is 10.1. The van der Waals surface area contributed by atoms with E-state index in [1.807, 2.05) is 0 Å². The van der Waals surface area contributed by atoms with Crippen LogP contribution in [0.1, 0.15) is 18.4 Å². The zero-order valence-electron chi connectivity index (χ0n) is 8.94. The Bertz CT molecular complexity index is 517. The number of carbonyl (C=O) groups is 1. The van der Waals surface area contributed by atoms with Crippen molar-refractivity contribution in [3.05, 3.63) is 40.7 Å². The first kappa shape index (κ1) is 12.7. The van der Waals surface area contributed by atoms with Gasteiger partial charge < -0.3 is 0 Å². The van der Waals surface area contributed by atoms with Gasteiger partial charge in [0.2, 0.25) is 5.82 Å². The number of hydrogen-bond acceptors (Lipinski definition) is 1. The van der Waals surface area contributed by atoms with E-state index in [4.69, 9.17) is 0 Å². The van der Waals surface area contributed by atoms with Crippen LogP contribution < -0.4 is 0 Å². The summed E-state index contributed by atoms with van der Waals surface area (Å²) in [5, 5.41) is 0. The lowest BCUT2D eigenvalue weighted by Crippen LogP contribution is -2.04. The van der Waals surface area contributed by atoms with Crippen molar-refractivity contribution >= 4 is 11.9 Å². The average molecular weight is 262 g/mol. The van der Waals surface area contributed by atoms with Gasteiger partial charge in [0.15, 0.2) is 29.1 Å². The highest BCUT2D eigenvalue weighted by molar-refractivity contribution is 5.96. The summed E-state index contributed by atoms with van der Waals surface area (Å²) in [4.78, 5) is 11.2. The predicted octanol–water partition coefficient (Wildman–Crippen LogP) is 3.37. The molecule has 1 nitrogen and oxygen atoms in total. The van der Waals surface area contributed by atoms with Crippen molar-refractivity contribution < 1.29 is 26.7 Å². The fourth-order valence-electron chi connectivity index (χ4n) is 1.44. The first-order chi connectivity index (χ1) is 8.43. The van der Waals surface area contributed by atoms with E-state index in [1.54, 1.807) is 0 Å². The zero-order valence-corrected chi connectivity index (χ0v) is 8.94. The van der Waals surface area contributed by atoms with Gasteiger partial charge in [0.1, 0.15) is 0 Å². The molecule has 0 aliphatic heterocycles. The van der Waals surface area contributed by atoms with Crippen LogP contribution >= 0.6 is 0 Å². The van der Waals surface area contributed by atoms with E-state index in [0.29, 0.717) is 18.9 Å². The van der Waals surface area contributed by atoms with E-state index in [2.05, 4.69) is 0 Å². The molecule has 0 heterocycles. The van der Waals surface area contributed by atoms with Crippen molar-refractivity contribution in [3.63, 3.8) is 0 Å². The number of carbonyl (C=O) groups excluding carboxylic acids is 1. The second-order valence-electron chi connectivity index (χ2n) is 3.99. The molecule has 1 fully saturated rings. The van der Waals surface area contributed by atoms with Gasteiger partial charge in [-0.2, -0.15) is 0 Å². The maximum absolute atomic E-state index is 13.2. The van der Waals surface area contributed by atoms with Gasteiger partial charge in [-0.1, -0.05) is 0 Å². The van der Waals surface area contributed by atoms with Crippen LogP contribution in [0, 0.1) is 35.0 Å². The van der Waals surface area contributed by atoms with Crippen LogP contribution in [0.25, 0.3) is 6.08 Å². The van der Waals surface area contributed by atoms with Crippen LogP contribution in [-0.2, 0) is 4.79 Å². The summed E-state index contributed by atoms with van der Waals surface area (Å²) >= 11 is 0. The Labute approximate surface area is 98.9 Å². The molecule has 2 rings (SSSR count). The highest BCUT2D eigenvalue weighted by Gasteiger charge is 2.28. The smallest absolute Gasteiger partial charge is 0.200 e. The Balaban J connectivity index is 2.41. The minimum absolute atomic E-state index is 0.192. The highest BCUT2D eigenvalue weighted by Crippen LogP contribution is 2.31. The molecule has 1 aliphatic rings. The van der Waals surface area contributed by atoms with Gasteiger partial charge in [0.25, 0.3) is 0 Å². The van der Waals surface area contributed by atoms with Crippen molar-refractivity contribution in [2.24, 2.45) is 5.92 Å². The molecule has 1 aromatic carbocycles. The summed E-state index contributed by atoms with van der Waals surface area (Å²) in [5.74, 6) is -10.7. The highest BCUT2D eigenvalue weighted by atomic mass is 19.2. The Morgan fingerprint density at radius 1 is 0.889 bits per heavy atom. The van der Waals surface area contributed by atoms with Crippen molar-refractivity contribution in [2.75, 3.05) is 0 Å². The number of hydrogen-bond donors (Lipinski definition) is 0. The lowest BCUT2D eigenvalue weighted by molar-refractivity contribution is -0.115. The third-order valence-electron chi connectivity index (χ3n) is 2.64. The van der Waals surface area contributed by atoms with E-state index in [1.165, 1.54) is 0 Å². The molecule has 0 amide bonds. The van der Waals surface area contributed by atoms with Crippen LogP contribution in [0.3, 0.4) is 0 Å². The van der Waals surface area contributed by atoms with Gasteiger partial charge in [-0.05, 0) is 25.0 Å². The third-order valence-corrected chi connectivity index (χ3v) is 2.64.